The van der Waals surface area contributed by atoms with Crippen molar-refractivity contribution < 1.29 is 22.7 Å². The van der Waals surface area contributed by atoms with Crippen LogP contribution in [0, 0.1) is 0 Å². The van der Waals surface area contributed by atoms with Crippen molar-refractivity contribution in [3.05, 3.63) is 52.6 Å². The summed E-state index contributed by atoms with van der Waals surface area (Å²) in [4.78, 5) is 37.8. The molecule has 0 aliphatic carbocycles. The fourth-order valence-electron chi connectivity index (χ4n) is 3.35. The SMILES string of the molecule is O=C(CSc1nc2nccnc2c(=O)n1C[C@H]1CCCO1)Nc1ccccc1C(F)(F)F. The van der Waals surface area contributed by atoms with E-state index in [2.05, 4.69) is 20.3 Å². The molecule has 1 aromatic carbocycles. The summed E-state index contributed by atoms with van der Waals surface area (Å²) in [6, 6.07) is 4.73. The number of thioether (sulfide) groups is 1. The van der Waals surface area contributed by atoms with Gasteiger partial charge in [-0.25, -0.2) is 15.0 Å². The lowest BCUT2D eigenvalue weighted by molar-refractivity contribution is -0.137. The summed E-state index contributed by atoms with van der Waals surface area (Å²) in [5.41, 5.74) is -1.46. The molecule has 1 aliphatic rings. The summed E-state index contributed by atoms with van der Waals surface area (Å²) in [6.45, 7) is 0.836. The summed E-state index contributed by atoms with van der Waals surface area (Å²) >= 11 is 0.935. The minimum Gasteiger partial charge on any atom is -0.376 e. The first-order chi connectivity index (χ1) is 15.3. The van der Waals surface area contributed by atoms with Crippen LogP contribution in [0.1, 0.15) is 18.4 Å². The Morgan fingerprint density at radius 3 is 2.78 bits per heavy atom. The number of alkyl halides is 3. The molecule has 32 heavy (non-hydrogen) atoms. The Morgan fingerprint density at radius 2 is 2.03 bits per heavy atom. The minimum atomic E-state index is -4.60. The Hall–Kier alpha value is -2.99. The van der Waals surface area contributed by atoms with Crippen LogP contribution >= 0.6 is 11.8 Å². The predicted molar refractivity (Wildman–Crippen MR) is 111 cm³/mol. The molecule has 0 unspecified atom stereocenters. The monoisotopic (exact) mass is 465 g/mol. The lowest BCUT2D eigenvalue weighted by Crippen LogP contribution is -2.30. The first-order valence-corrected chi connectivity index (χ1v) is 10.7. The van der Waals surface area contributed by atoms with Crippen LogP contribution < -0.4 is 10.9 Å². The maximum Gasteiger partial charge on any atom is 0.418 e. The Balaban J connectivity index is 1.56. The van der Waals surface area contributed by atoms with Gasteiger partial charge in [0.15, 0.2) is 16.3 Å². The van der Waals surface area contributed by atoms with Crippen LogP contribution in [0.25, 0.3) is 11.2 Å². The second-order valence-corrected chi connectivity index (χ2v) is 8.00. The average molecular weight is 465 g/mol. The van der Waals surface area contributed by atoms with Gasteiger partial charge in [0.1, 0.15) is 0 Å². The second-order valence-electron chi connectivity index (χ2n) is 7.05. The number of hydrogen-bond donors (Lipinski definition) is 1. The van der Waals surface area contributed by atoms with E-state index in [0.29, 0.717) is 6.61 Å². The molecular formula is C20H18F3N5O3S. The van der Waals surface area contributed by atoms with E-state index in [-0.39, 0.29) is 40.4 Å². The van der Waals surface area contributed by atoms with Gasteiger partial charge < -0.3 is 10.1 Å². The van der Waals surface area contributed by atoms with Crippen molar-refractivity contribution >= 4 is 34.5 Å². The maximum atomic E-state index is 13.2. The number of nitrogens with zero attached hydrogens (tertiary/aromatic N) is 4. The van der Waals surface area contributed by atoms with E-state index in [0.717, 1.165) is 30.7 Å². The zero-order valence-corrected chi connectivity index (χ0v) is 17.4. The van der Waals surface area contributed by atoms with Crippen molar-refractivity contribution in [1.82, 2.24) is 19.5 Å². The second kappa shape index (κ2) is 9.25. The van der Waals surface area contributed by atoms with Crippen molar-refractivity contribution in [3.8, 4) is 0 Å². The van der Waals surface area contributed by atoms with E-state index in [1.54, 1.807) is 0 Å². The number of rotatable bonds is 6. The molecule has 3 heterocycles. The fourth-order valence-corrected chi connectivity index (χ4v) is 4.14. The van der Waals surface area contributed by atoms with E-state index >= 15 is 0 Å². The summed E-state index contributed by atoms with van der Waals surface area (Å²) in [5.74, 6) is -0.917. The van der Waals surface area contributed by atoms with Gasteiger partial charge in [-0.15, -0.1) is 0 Å². The molecule has 1 aliphatic heterocycles. The number of hydrogen-bond acceptors (Lipinski definition) is 7. The maximum absolute atomic E-state index is 13.2. The molecule has 0 saturated carbocycles. The summed E-state index contributed by atoms with van der Waals surface area (Å²) in [5, 5.41) is 2.50. The standard InChI is InChI=1S/C20H18F3N5O3S/c21-20(22,23)13-5-1-2-6-14(13)26-15(29)11-32-19-27-17-16(24-7-8-25-17)18(30)28(19)10-12-4-3-9-31-12/h1-2,5-8,12H,3-4,9-11H2,(H,26,29)/t12-/m1/s1. The molecule has 1 saturated heterocycles. The van der Waals surface area contributed by atoms with Crippen molar-refractivity contribution in [3.63, 3.8) is 0 Å². The number of anilines is 1. The number of aromatic nitrogens is 4. The third-order valence-electron chi connectivity index (χ3n) is 4.81. The minimum absolute atomic E-state index is 0.0957. The number of fused-ring (bicyclic) bond motifs is 1. The normalized spacial score (nSPS) is 16.4. The average Bonchev–Trinajstić information content (AvgIpc) is 3.27. The molecule has 3 aromatic rings. The van der Waals surface area contributed by atoms with Gasteiger partial charge in [-0.05, 0) is 25.0 Å². The van der Waals surface area contributed by atoms with E-state index in [4.69, 9.17) is 4.74 Å². The molecule has 1 N–H and O–H groups in total. The number of carbonyl (C=O) groups is 1. The molecule has 8 nitrogen and oxygen atoms in total. The molecule has 4 rings (SSSR count). The summed E-state index contributed by atoms with van der Waals surface area (Å²) in [7, 11) is 0. The molecule has 0 bridgehead atoms. The van der Waals surface area contributed by atoms with Crippen molar-refractivity contribution in [2.24, 2.45) is 0 Å². The van der Waals surface area contributed by atoms with E-state index in [1.165, 1.54) is 35.2 Å². The number of carbonyl (C=O) groups excluding carboxylic acids is 1. The van der Waals surface area contributed by atoms with Crippen LogP contribution in [0.5, 0.6) is 0 Å². The molecule has 1 amide bonds. The van der Waals surface area contributed by atoms with Gasteiger partial charge in [0.2, 0.25) is 5.91 Å². The highest BCUT2D eigenvalue weighted by atomic mass is 32.2. The zero-order valence-electron chi connectivity index (χ0n) is 16.6. The number of amides is 1. The van der Waals surface area contributed by atoms with Crippen LogP contribution in [-0.2, 0) is 22.3 Å². The molecule has 12 heteroatoms. The lowest BCUT2D eigenvalue weighted by atomic mass is 10.1. The quantitative estimate of drug-likeness (QED) is 0.441. The van der Waals surface area contributed by atoms with Gasteiger partial charge in [-0.1, -0.05) is 23.9 Å². The Bertz CT molecular complexity index is 1200. The highest BCUT2D eigenvalue weighted by Gasteiger charge is 2.33. The van der Waals surface area contributed by atoms with Crippen LogP contribution in [0.3, 0.4) is 0 Å². The third-order valence-corrected chi connectivity index (χ3v) is 5.78. The fraction of sp³-hybridized carbons (Fsp3) is 0.350. The third kappa shape index (κ3) is 4.91. The smallest absolute Gasteiger partial charge is 0.376 e. The van der Waals surface area contributed by atoms with Crippen molar-refractivity contribution in [2.75, 3.05) is 17.7 Å². The molecular weight excluding hydrogens is 447 g/mol. The van der Waals surface area contributed by atoms with Gasteiger partial charge in [0.05, 0.1) is 29.7 Å². The summed E-state index contributed by atoms with van der Waals surface area (Å²) in [6.07, 6.45) is -0.324. The van der Waals surface area contributed by atoms with Gasteiger partial charge >= 0.3 is 6.18 Å². The van der Waals surface area contributed by atoms with Crippen molar-refractivity contribution in [1.29, 1.82) is 0 Å². The lowest BCUT2D eigenvalue weighted by Gasteiger charge is -2.16. The number of nitrogens with one attached hydrogen (secondary N) is 1. The van der Waals surface area contributed by atoms with Gasteiger partial charge in [-0.3, -0.25) is 14.2 Å². The van der Waals surface area contributed by atoms with E-state index < -0.39 is 23.2 Å². The Kier molecular flexibility index (Phi) is 6.42. The van der Waals surface area contributed by atoms with Gasteiger partial charge in [-0.2, -0.15) is 13.2 Å². The molecule has 0 spiro atoms. The Labute approximate surface area is 184 Å². The van der Waals surface area contributed by atoms with Gasteiger partial charge in [0, 0.05) is 19.0 Å². The highest BCUT2D eigenvalue weighted by Crippen LogP contribution is 2.34. The molecule has 1 fully saturated rings. The molecule has 168 valence electrons. The topological polar surface area (TPSA) is 99.0 Å². The highest BCUT2D eigenvalue weighted by molar-refractivity contribution is 7.99. The van der Waals surface area contributed by atoms with E-state index in [1.807, 2.05) is 0 Å². The predicted octanol–water partition coefficient (Wildman–Crippen LogP) is 3.12. The largest absolute Gasteiger partial charge is 0.418 e. The Morgan fingerprint density at radius 1 is 1.25 bits per heavy atom. The van der Waals surface area contributed by atoms with E-state index in [9.17, 15) is 22.8 Å². The number of ether oxygens (including phenoxy) is 1. The van der Waals surface area contributed by atoms with Crippen LogP contribution in [0.2, 0.25) is 0 Å². The van der Waals surface area contributed by atoms with Crippen LogP contribution in [0.4, 0.5) is 18.9 Å². The van der Waals surface area contributed by atoms with Gasteiger partial charge in [0.25, 0.3) is 5.56 Å². The summed E-state index contributed by atoms with van der Waals surface area (Å²) < 4.78 is 46.5. The van der Waals surface area contributed by atoms with Crippen molar-refractivity contribution in [2.45, 2.75) is 36.8 Å². The van der Waals surface area contributed by atoms with Crippen LogP contribution in [0.15, 0.2) is 46.6 Å². The number of halogens is 3. The first-order valence-electron chi connectivity index (χ1n) is 9.75. The van der Waals surface area contributed by atoms with Crippen LogP contribution in [-0.4, -0.2) is 43.9 Å². The number of para-hydroxylation sites is 1. The first kappa shape index (κ1) is 22.2. The molecule has 0 radical (unpaired) electrons. The molecule has 2 aromatic heterocycles. The molecule has 1 atom stereocenters. The zero-order chi connectivity index (χ0) is 22.7. The number of benzene rings is 1.